The Balaban J connectivity index is 1.45. The van der Waals surface area contributed by atoms with Crippen LogP contribution in [-0.2, 0) is 4.74 Å². The second kappa shape index (κ2) is 10.2. The quantitative estimate of drug-likeness (QED) is 0.552. The van der Waals surface area contributed by atoms with Crippen LogP contribution in [0.4, 0.5) is 21.7 Å². The maximum Gasteiger partial charge on any atom is 0.160 e. The van der Waals surface area contributed by atoms with Gasteiger partial charge in [0, 0.05) is 55.9 Å². The van der Waals surface area contributed by atoms with E-state index < -0.39 is 12.2 Å². The lowest BCUT2D eigenvalue weighted by molar-refractivity contribution is 0.0807. The summed E-state index contributed by atoms with van der Waals surface area (Å²) in [4.78, 5) is 11.5. The first-order chi connectivity index (χ1) is 17.0. The molecule has 2 saturated heterocycles. The minimum atomic E-state index is -0.982. The summed E-state index contributed by atoms with van der Waals surface area (Å²) in [5.74, 6) is 8.38. The normalized spacial score (nSPS) is 21.2. The van der Waals surface area contributed by atoms with Crippen LogP contribution in [0.15, 0.2) is 30.6 Å². The van der Waals surface area contributed by atoms with Crippen LogP contribution < -0.4 is 16.0 Å². The second-order valence-electron chi connectivity index (χ2n) is 9.57. The molecule has 184 valence electrons. The van der Waals surface area contributed by atoms with Crippen LogP contribution in [0.1, 0.15) is 44.7 Å². The highest BCUT2D eigenvalue weighted by Gasteiger charge is 2.27. The number of alkyl halides is 1. The van der Waals surface area contributed by atoms with Crippen molar-refractivity contribution in [3.05, 3.63) is 36.2 Å². The molecule has 0 unspecified atom stereocenters. The van der Waals surface area contributed by atoms with Crippen molar-refractivity contribution in [2.45, 2.75) is 51.4 Å². The lowest BCUT2D eigenvalue weighted by Gasteiger charge is -2.35. The van der Waals surface area contributed by atoms with Crippen molar-refractivity contribution in [2.24, 2.45) is 11.7 Å². The molecule has 0 amide bonds. The average molecular weight is 478 g/mol. The molecule has 0 spiro atoms. The molecule has 3 N–H and O–H groups in total. The Kier molecular flexibility index (Phi) is 6.84. The predicted octanol–water partition coefficient (Wildman–Crippen LogP) is 3.80. The molecule has 5 rings (SSSR count). The van der Waals surface area contributed by atoms with Gasteiger partial charge in [-0.25, -0.2) is 19.0 Å². The zero-order chi connectivity index (χ0) is 24.4. The number of nitrogens with zero attached hydrogens (tertiary/aromatic N) is 5. The van der Waals surface area contributed by atoms with Gasteiger partial charge in [0.25, 0.3) is 0 Å². The molecule has 0 saturated carbocycles. The number of ether oxygens (including phenoxy) is 1. The van der Waals surface area contributed by atoms with E-state index in [1.165, 1.54) is 0 Å². The van der Waals surface area contributed by atoms with Crippen molar-refractivity contribution in [1.29, 1.82) is 0 Å². The highest BCUT2D eigenvalue weighted by molar-refractivity contribution is 5.77. The molecule has 0 bridgehead atoms. The maximum atomic E-state index is 14.1. The number of fused-ring (bicyclic) bond motifs is 1. The van der Waals surface area contributed by atoms with Crippen LogP contribution in [0.3, 0.4) is 0 Å². The monoisotopic (exact) mass is 477 g/mol. The maximum absolute atomic E-state index is 14.1. The summed E-state index contributed by atoms with van der Waals surface area (Å²) in [7, 11) is 0. The number of pyridine rings is 2. The third-order valence-electron chi connectivity index (χ3n) is 6.61. The van der Waals surface area contributed by atoms with Gasteiger partial charge < -0.3 is 20.7 Å². The van der Waals surface area contributed by atoms with Gasteiger partial charge in [-0.1, -0.05) is 11.8 Å². The van der Waals surface area contributed by atoms with Crippen molar-refractivity contribution in [3.63, 3.8) is 0 Å². The molecular formula is C26H32FN7O. The summed E-state index contributed by atoms with van der Waals surface area (Å²) in [6.45, 7) is 6.68. The van der Waals surface area contributed by atoms with Crippen molar-refractivity contribution in [2.75, 3.05) is 36.5 Å². The summed E-state index contributed by atoms with van der Waals surface area (Å²) in [6.07, 6.45) is 4.91. The van der Waals surface area contributed by atoms with Gasteiger partial charge in [0.2, 0.25) is 0 Å². The molecule has 3 aromatic heterocycles. The predicted molar refractivity (Wildman–Crippen MR) is 136 cm³/mol. The van der Waals surface area contributed by atoms with E-state index in [-0.39, 0.29) is 6.04 Å². The molecule has 2 atom stereocenters. The molecule has 2 aliphatic heterocycles. The van der Waals surface area contributed by atoms with E-state index in [1.807, 2.05) is 29.1 Å². The van der Waals surface area contributed by atoms with Crippen molar-refractivity contribution < 1.29 is 9.13 Å². The van der Waals surface area contributed by atoms with Crippen molar-refractivity contribution in [1.82, 2.24) is 19.7 Å². The number of aromatic nitrogens is 4. The number of nitrogens with one attached hydrogen (secondary N) is 1. The SMILES string of the molecule is CC(C)n1ncc2ccc(Nc3cc(N4CC[C@H](F)[C@H](N)C4)c(C#CC4CCOCC4)cn3)nc21. The largest absolute Gasteiger partial charge is 0.381 e. The Bertz CT molecular complexity index is 1240. The minimum Gasteiger partial charge on any atom is -0.381 e. The molecule has 9 heteroatoms. The second-order valence-corrected chi connectivity index (χ2v) is 9.57. The summed E-state index contributed by atoms with van der Waals surface area (Å²) in [6, 6.07) is 5.56. The fourth-order valence-corrected chi connectivity index (χ4v) is 4.57. The standard InChI is InChI=1S/C26H32FN7O/c1-17(2)34-26-20(15-30-34)5-6-24(32-26)31-25-13-23(33-10-7-21(27)22(28)16-33)19(14-29-25)4-3-18-8-11-35-12-9-18/h5-6,13-15,17-18,21-22H,7-12,16,28H2,1-2H3,(H,29,31,32)/t21-,22+/m0/s1. The zero-order valence-electron chi connectivity index (χ0n) is 20.2. The van der Waals surface area contributed by atoms with E-state index in [9.17, 15) is 4.39 Å². The molecule has 2 aliphatic rings. The van der Waals surface area contributed by atoms with Gasteiger partial charge in [0.05, 0.1) is 23.5 Å². The van der Waals surface area contributed by atoms with E-state index in [0.717, 1.165) is 48.3 Å². The van der Waals surface area contributed by atoms with Crippen molar-refractivity contribution >= 4 is 28.4 Å². The highest BCUT2D eigenvalue weighted by atomic mass is 19.1. The molecule has 2 fully saturated rings. The Morgan fingerprint density at radius 3 is 2.77 bits per heavy atom. The van der Waals surface area contributed by atoms with Gasteiger partial charge in [0.15, 0.2) is 5.65 Å². The number of halogens is 1. The summed E-state index contributed by atoms with van der Waals surface area (Å²) >= 11 is 0. The van der Waals surface area contributed by atoms with Crippen LogP contribution >= 0.6 is 0 Å². The molecule has 35 heavy (non-hydrogen) atoms. The summed E-state index contributed by atoms with van der Waals surface area (Å²) < 4.78 is 21.4. The van der Waals surface area contributed by atoms with Gasteiger partial charge in [-0.3, -0.25) is 0 Å². The lowest BCUT2D eigenvalue weighted by Crippen LogP contribution is -2.50. The summed E-state index contributed by atoms with van der Waals surface area (Å²) in [5, 5.41) is 8.75. The lowest BCUT2D eigenvalue weighted by atomic mass is 10.00. The van der Waals surface area contributed by atoms with Crippen LogP contribution in [0.2, 0.25) is 0 Å². The smallest absolute Gasteiger partial charge is 0.160 e. The van der Waals surface area contributed by atoms with E-state index in [0.29, 0.717) is 37.1 Å². The van der Waals surface area contributed by atoms with Gasteiger partial charge in [-0.2, -0.15) is 5.10 Å². The molecular weight excluding hydrogens is 445 g/mol. The van der Waals surface area contributed by atoms with Crippen LogP contribution in [-0.4, -0.2) is 58.3 Å². The van der Waals surface area contributed by atoms with Gasteiger partial charge in [-0.15, -0.1) is 0 Å². The van der Waals surface area contributed by atoms with E-state index in [4.69, 9.17) is 15.5 Å². The summed E-state index contributed by atoms with van der Waals surface area (Å²) in [5.41, 5.74) is 8.63. The number of nitrogens with two attached hydrogens (primary N) is 1. The Morgan fingerprint density at radius 2 is 2.00 bits per heavy atom. The molecule has 8 nitrogen and oxygen atoms in total. The molecule has 0 aliphatic carbocycles. The fourth-order valence-electron chi connectivity index (χ4n) is 4.57. The minimum absolute atomic E-state index is 0.205. The molecule has 0 radical (unpaired) electrons. The van der Waals surface area contributed by atoms with Crippen LogP contribution in [0.5, 0.6) is 0 Å². The number of rotatable bonds is 4. The third-order valence-corrected chi connectivity index (χ3v) is 6.61. The Hall–Kier alpha value is -3.22. The van der Waals surface area contributed by atoms with Crippen LogP contribution in [0.25, 0.3) is 11.0 Å². The number of piperidine rings is 1. The fraction of sp³-hybridized carbons (Fsp3) is 0.500. The number of anilines is 3. The molecule has 0 aromatic carbocycles. The van der Waals surface area contributed by atoms with Gasteiger partial charge >= 0.3 is 0 Å². The first kappa shape index (κ1) is 23.5. The third kappa shape index (κ3) is 5.24. The molecule has 3 aromatic rings. The number of hydrogen-bond donors (Lipinski definition) is 2. The Labute approximate surface area is 205 Å². The van der Waals surface area contributed by atoms with Crippen LogP contribution in [0, 0.1) is 17.8 Å². The Morgan fingerprint density at radius 1 is 1.17 bits per heavy atom. The first-order valence-electron chi connectivity index (χ1n) is 12.3. The highest BCUT2D eigenvalue weighted by Crippen LogP contribution is 2.28. The van der Waals surface area contributed by atoms with E-state index >= 15 is 0 Å². The average Bonchev–Trinajstić information content (AvgIpc) is 3.29. The molecule has 5 heterocycles. The van der Waals surface area contributed by atoms with E-state index in [2.05, 4.69) is 46.0 Å². The van der Waals surface area contributed by atoms with Crippen molar-refractivity contribution in [3.8, 4) is 11.8 Å². The van der Waals surface area contributed by atoms with E-state index in [1.54, 1.807) is 6.20 Å². The topological polar surface area (TPSA) is 94.1 Å². The first-order valence-corrected chi connectivity index (χ1v) is 12.3. The van der Waals surface area contributed by atoms with Gasteiger partial charge in [0.1, 0.15) is 17.8 Å². The zero-order valence-corrected chi connectivity index (χ0v) is 20.2. The van der Waals surface area contributed by atoms with Gasteiger partial charge in [-0.05, 0) is 45.2 Å². The number of hydrogen-bond acceptors (Lipinski definition) is 7.